The molecule has 1 unspecified atom stereocenters. The van der Waals surface area contributed by atoms with Crippen molar-refractivity contribution in [3.05, 3.63) is 29.3 Å². The zero-order valence-corrected chi connectivity index (χ0v) is 16.7. The van der Waals surface area contributed by atoms with Gasteiger partial charge in [-0.15, -0.1) is 0 Å². The number of carbonyl (C=O) groups excluding carboxylic acids is 2. The largest absolute Gasteiger partial charge is 0.444 e. The second kappa shape index (κ2) is 8.08. The Morgan fingerprint density at radius 3 is 2.58 bits per heavy atom. The molecule has 2 amide bonds. The number of hydrogen-bond donors (Lipinski definition) is 0. The van der Waals surface area contributed by atoms with Gasteiger partial charge in [-0.1, -0.05) is 12.1 Å². The van der Waals surface area contributed by atoms with Crippen molar-refractivity contribution in [3.63, 3.8) is 0 Å². The molecule has 1 aliphatic rings. The first-order valence-corrected chi connectivity index (χ1v) is 8.99. The van der Waals surface area contributed by atoms with Crippen LogP contribution in [0, 0.1) is 13.8 Å². The Morgan fingerprint density at radius 1 is 1.27 bits per heavy atom. The van der Waals surface area contributed by atoms with Gasteiger partial charge in [0.1, 0.15) is 12.1 Å². The monoisotopic (exact) mass is 362 g/mol. The maximum atomic E-state index is 12.8. The number of ether oxygens (including phenoxy) is 2. The first-order valence-electron chi connectivity index (χ1n) is 8.99. The van der Waals surface area contributed by atoms with E-state index >= 15 is 0 Å². The topological polar surface area (TPSA) is 59.1 Å². The molecule has 1 aliphatic heterocycles. The first kappa shape index (κ1) is 20.2. The van der Waals surface area contributed by atoms with Gasteiger partial charge in [-0.05, 0) is 58.2 Å². The molecule has 1 heterocycles. The normalized spacial score (nSPS) is 18.2. The number of anilines is 1. The van der Waals surface area contributed by atoms with E-state index in [1.54, 1.807) is 12.0 Å². The molecule has 2 rings (SSSR count). The van der Waals surface area contributed by atoms with Crippen LogP contribution in [0.4, 0.5) is 10.5 Å². The van der Waals surface area contributed by atoms with E-state index in [0.717, 1.165) is 16.8 Å². The number of methoxy groups -OCH3 is 1. The van der Waals surface area contributed by atoms with Gasteiger partial charge in [-0.25, -0.2) is 4.79 Å². The predicted octanol–water partition coefficient (Wildman–Crippen LogP) is 3.29. The van der Waals surface area contributed by atoms with Crippen LogP contribution >= 0.6 is 0 Å². The standard InChI is InChI=1S/C20H30N2O4/c1-14-8-7-9-17(15(14)2)22-12-16(10-11-25-6)21(13-18(22)23)19(24)26-20(3,4)5/h7-9,16H,10-13H2,1-6H3. The molecule has 0 radical (unpaired) electrons. The van der Waals surface area contributed by atoms with Crippen molar-refractivity contribution in [2.45, 2.75) is 52.7 Å². The van der Waals surface area contributed by atoms with Gasteiger partial charge in [-0.2, -0.15) is 0 Å². The third-order valence-electron chi connectivity index (χ3n) is 4.59. The van der Waals surface area contributed by atoms with E-state index in [1.807, 2.05) is 52.8 Å². The van der Waals surface area contributed by atoms with Gasteiger partial charge in [0.15, 0.2) is 0 Å². The van der Waals surface area contributed by atoms with Crippen LogP contribution in [-0.2, 0) is 14.3 Å². The number of carbonyl (C=O) groups is 2. The van der Waals surface area contributed by atoms with Gasteiger partial charge in [0.2, 0.25) is 5.91 Å². The number of hydrogen-bond acceptors (Lipinski definition) is 4. The summed E-state index contributed by atoms with van der Waals surface area (Å²) in [5, 5.41) is 0. The van der Waals surface area contributed by atoms with Gasteiger partial charge in [0.25, 0.3) is 0 Å². The fourth-order valence-electron chi connectivity index (χ4n) is 3.07. The van der Waals surface area contributed by atoms with E-state index in [9.17, 15) is 9.59 Å². The van der Waals surface area contributed by atoms with Crippen LogP contribution < -0.4 is 4.90 Å². The van der Waals surface area contributed by atoms with Crippen LogP contribution in [0.15, 0.2) is 18.2 Å². The maximum Gasteiger partial charge on any atom is 0.411 e. The molecular formula is C20H30N2O4. The number of aryl methyl sites for hydroxylation is 1. The Hall–Kier alpha value is -2.08. The highest BCUT2D eigenvalue weighted by Gasteiger charge is 2.38. The predicted molar refractivity (Wildman–Crippen MR) is 101 cm³/mol. The third kappa shape index (κ3) is 4.75. The Balaban J connectivity index is 2.26. The molecule has 0 bridgehead atoms. The summed E-state index contributed by atoms with van der Waals surface area (Å²) in [6.45, 7) is 10.5. The average Bonchev–Trinajstić information content (AvgIpc) is 2.54. The summed E-state index contributed by atoms with van der Waals surface area (Å²) in [4.78, 5) is 28.7. The summed E-state index contributed by atoms with van der Waals surface area (Å²) >= 11 is 0. The molecule has 0 aromatic heterocycles. The van der Waals surface area contributed by atoms with E-state index < -0.39 is 11.7 Å². The molecule has 1 aromatic rings. The highest BCUT2D eigenvalue weighted by atomic mass is 16.6. The molecule has 26 heavy (non-hydrogen) atoms. The average molecular weight is 362 g/mol. The number of amides is 2. The highest BCUT2D eigenvalue weighted by Crippen LogP contribution is 2.27. The van der Waals surface area contributed by atoms with Gasteiger partial charge in [0.05, 0.1) is 6.04 Å². The Morgan fingerprint density at radius 2 is 1.96 bits per heavy atom. The zero-order valence-electron chi connectivity index (χ0n) is 16.7. The smallest absolute Gasteiger partial charge is 0.411 e. The third-order valence-corrected chi connectivity index (χ3v) is 4.59. The molecule has 1 saturated heterocycles. The lowest BCUT2D eigenvalue weighted by Gasteiger charge is -2.41. The maximum absolute atomic E-state index is 12.8. The quantitative estimate of drug-likeness (QED) is 0.825. The summed E-state index contributed by atoms with van der Waals surface area (Å²) in [6, 6.07) is 5.79. The van der Waals surface area contributed by atoms with Crippen molar-refractivity contribution in [2.24, 2.45) is 0 Å². The minimum absolute atomic E-state index is 0.0106. The number of nitrogens with zero attached hydrogens (tertiary/aromatic N) is 2. The van der Waals surface area contributed by atoms with E-state index in [4.69, 9.17) is 9.47 Å². The minimum atomic E-state index is -0.601. The number of piperazine rings is 1. The molecule has 0 saturated carbocycles. The lowest BCUT2D eigenvalue weighted by molar-refractivity contribution is -0.122. The number of benzene rings is 1. The molecular weight excluding hydrogens is 332 g/mol. The molecule has 6 nitrogen and oxygen atoms in total. The summed E-state index contributed by atoms with van der Waals surface area (Å²) < 4.78 is 10.7. The van der Waals surface area contributed by atoms with Crippen LogP contribution in [0.25, 0.3) is 0 Å². The van der Waals surface area contributed by atoms with Crippen molar-refractivity contribution in [3.8, 4) is 0 Å². The molecule has 0 spiro atoms. The second-order valence-corrected chi connectivity index (χ2v) is 7.77. The molecule has 1 fully saturated rings. The van der Waals surface area contributed by atoms with Crippen LogP contribution in [0.5, 0.6) is 0 Å². The van der Waals surface area contributed by atoms with Gasteiger partial charge in [-0.3, -0.25) is 9.69 Å². The van der Waals surface area contributed by atoms with E-state index in [-0.39, 0.29) is 18.5 Å². The molecule has 1 aromatic carbocycles. The van der Waals surface area contributed by atoms with Crippen molar-refractivity contribution < 1.29 is 19.1 Å². The van der Waals surface area contributed by atoms with Crippen LogP contribution in [-0.4, -0.2) is 55.3 Å². The van der Waals surface area contributed by atoms with Crippen LogP contribution in [0.3, 0.4) is 0 Å². The fraction of sp³-hybridized carbons (Fsp3) is 0.600. The summed E-state index contributed by atoms with van der Waals surface area (Å²) in [5.74, 6) is -0.0989. The van der Waals surface area contributed by atoms with Crippen molar-refractivity contribution in [2.75, 3.05) is 31.7 Å². The molecule has 0 N–H and O–H groups in total. The van der Waals surface area contributed by atoms with Gasteiger partial charge >= 0.3 is 6.09 Å². The van der Waals surface area contributed by atoms with Crippen molar-refractivity contribution >= 4 is 17.7 Å². The Bertz CT molecular complexity index is 666. The Kier molecular flexibility index (Phi) is 6.29. The summed E-state index contributed by atoms with van der Waals surface area (Å²) in [5.41, 5.74) is 2.52. The van der Waals surface area contributed by atoms with Crippen LogP contribution in [0.2, 0.25) is 0 Å². The van der Waals surface area contributed by atoms with Gasteiger partial charge < -0.3 is 14.4 Å². The first-order chi connectivity index (χ1) is 12.1. The van der Waals surface area contributed by atoms with Crippen LogP contribution in [0.1, 0.15) is 38.3 Å². The van der Waals surface area contributed by atoms with E-state index in [0.29, 0.717) is 19.6 Å². The lowest BCUT2D eigenvalue weighted by atomic mass is 10.0. The molecule has 6 heteroatoms. The molecule has 1 atom stereocenters. The fourth-order valence-corrected chi connectivity index (χ4v) is 3.07. The van der Waals surface area contributed by atoms with Crippen molar-refractivity contribution in [1.29, 1.82) is 0 Å². The Labute approximate surface area is 156 Å². The minimum Gasteiger partial charge on any atom is -0.444 e. The van der Waals surface area contributed by atoms with E-state index in [1.165, 1.54) is 4.90 Å². The molecule has 144 valence electrons. The van der Waals surface area contributed by atoms with E-state index in [2.05, 4.69) is 0 Å². The summed E-state index contributed by atoms with van der Waals surface area (Å²) in [6.07, 6.45) is 0.192. The van der Waals surface area contributed by atoms with Crippen molar-refractivity contribution in [1.82, 2.24) is 4.90 Å². The zero-order chi connectivity index (χ0) is 19.5. The highest BCUT2D eigenvalue weighted by molar-refractivity contribution is 5.98. The van der Waals surface area contributed by atoms with Gasteiger partial charge in [0, 0.05) is 25.9 Å². The SMILES string of the molecule is COCCC1CN(c2cccc(C)c2C)C(=O)CN1C(=O)OC(C)(C)C. The molecule has 0 aliphatic carbocycles. The second-order valence-electron chi connectivity index (χ2n) is 7.77. The lowest BCUT2D eigenvalue weighted by Crippen LogP contribution is -2.59. The summed E-state index contributed by atoms with van der Waals surface area (Å²) in [7, 11) is 1.63. The number of rotatable bonds is 4.